The fourth-order valence-corrected chi connectivity index (χ4v) is 6.27. The van der Waals surface area contributed by atoms with Gasteiger partial charge in [0.2, 0.25) is 5.91 Å². The predicted molar refractivity (Wildman–Crippen MR) is 183 cm³/mol. The summed E-state index contributed by atoms with van der Waals surface area (Å²) in [6.07, 6.45) is 0.600. The first kappa shape index (κ1) is 32.9. The Kier molecular flexibility index (Phi) is 11.5. The number of carbonyl (C=O) groups excluding carboxylic acids is 2. The summed E-state index contributed by atoms with van der Waals surface area (Å²) in [5.74, 6) is -2.00. The SMILES string of the molecule is CC1=NC(C)=C(C(=O)OCCC(c2ccccc2)c2ccccc2)C(c2cccc(Cl)c2)C1C(=O)NCCOCc1ccccc1. The average Bonchev–Trinajstić information content (AvgIpc) is 3.07. The Balaban J connectivity index is 1.31. The molecule has 2 unspecified atom stereocenters. The van der Waals surface area contributed by atoms with Crippen molar-refractivity contribution < 1.29 is 19.1 Å². The summed E-state index contributed by atoms with van der Waals surface area (Å²) < 4.78 is 11.7. The van der Waals surface area contributed by atoms with E-state index >= 15 is 0 Å². The van der Waals surface area contributed by atoms with Crippen LogP contribution in [0, 0.1) is 5.92 Å². The number of allylic oxidation sites excluding steroid dienone is 1. The van der Waals surface area contributed by atoms with Crippen LogP contribution in [0.1, 0.15) is 54.4 Å². The van der Waals surface area contributed by atoms with E-state index in [1.807, 2.05) is 85.8 Å². The van der Waals surface area contributed by atoms with Crippen LogP contribution in [0.3, 0.4) is 0 Å². The van der Waals surface area contributed by atoms with Crippen LogP contribution < -0.4 is 5.32 Å². The quantitative estimate of drug-likeness (QED) is 0.120. The van der Waals surface area contributed by atoms with Gasteiger partial charge in [-0.15, -0.1) is 0 Å². The van der Waals surface area contributed by atoms with Crippen molar-refractivity contribution in [1.29, 1.82) is 0 Å². The van der Waals surface area contributed by atoms with Gasteiger partial charge in [0.1, 0.15) is 0 Å². The lowest BCUT2D eigenvalue weighted by Gasteiger charge is -2.32. The fraction of sp³-hybridized carbons (Fsp3) is 0.256. The highest BCUT2D eigenvalue weighted by molar-refractivity contribution is 6.30. The van der Waals surface area contributed by atoms with Gasteiger partial charge in [-0.25, -0.2) is 4.79 Å². The van der Waals surface area contributed by atoms with Crippen molar-refractivity contribution in [3.63, 3.8) is 0 Å². The summed E-state index contributed by atoms with van der Waals surface area (Å²) in [6, 6.07) is 37.6. The third kappa shape index (κ3) is 8.39. The number of ether oxygens (including phenoxy) is 2. The van der Waals surface area contributed by atoms with Crippen LogP contribution in [-0.4, -0.2) is 37.3 Å². The molecule has 0 spiro atoms. The fourth-order valence-electron chi connectivity index (χ4n) is 6.07. The van der Waals surface area contributed by atoms with Crippen LogP contribution in [0.15, 0.2) is 132 Å². The molecule has 1 N–H and O–H groups in total. The molecular weight excluding hydrogens is 596 g/mol. The number of hydrogen-bond donors (Lipinski definition) is 1. The van der Waals surface area contributed by atoms with E-state index in [1.165, 1.54) is 0 Å². The number of halogens is 1. The van der Waals surface area contributed by atoms with E-state index in [0.717, 1.165) is 22.3 Å². The zero-order valence-electron chi connectivity index (χ0n) is 26.2. The maximum atomic E-state index is 13.9. The summed E-state index contributed by atoms with van der Waals surface area (Å²) in [6.45, 7) is 4.94. The first-order valence-electron chi connectivity index (χ1n) is 15.6. The number of esters is 1. The Morgan fingerprint density at radius 2 is 1.46 bits per heavy atom. The molecule has 0 bridgehead atoms. The highest BCUT2D eigenvalue weighted by Crippen LogP contribution is 2.40. The van der Waals surface area contributed by atoms with Crippen molar-refractivity contribution in [2.75, 3.05) is 19.8 Å². The number of rotatable bonds is 13. The smallest absolute Gasteiger partial charge is 0.336 e. The molecule has 6 nitrogen and oxygen atoms in total. The molecule has 0 radical (unpaired) electrons. The van der Waals surface area contributed by atoms with Crippen LogP contribution >= 0.6 is 11.6 Å². The minimum atomic E-state index is -0.722. The molecule has 1 amide bonds. The lowest BCUT2D eigenvalue weighted by atomic mass is 9.75. The van der Waals surface area contributed by atoms with Gasteiger partial charge in [0.15, 0.2) is 0 Å². The molecule has 46 heavy (non-hydrogen) atoms. The van der Waals surface area contributed by atoms with Gasteiger partial charge in [-0.2, -0.15) is 0 Å². The number of nitrogens with zero attached hydrogens (tertiary/aromatic N) is 1. The van der Waals surface area contributed by atoms with Crippen molar-refractivity contribution in [2.24, 2.45) is 10.9 Å². The Morgan fingerprint density at radius 1 is 0.826 bits per heavy atom. The second-order valence-electron chi connectivity index (χ2n) is 11.4. The minimum absolute atomic E-state index is 0.0586. The molecule has 5 rings (SSSR count). The highest BCUT2D eigenvalue weighted by Gasteiger charge is 2.41. The topological polar surface area (TPSA) is 77.0 Å². The van der Waals surface area contributed by atoms with E-state index in [-0.39, 0.29) is 18.4 Å². The van der Waals surface area contributed by atoms with E-state index in [9.17, 15) is 9.59 Å². The maximum Gasteiger partial charge on any atom is 0.336 e. The summed E-state index contributed by atoms with van der Waals surface area (Å²) in [5, 5.41) is 3.52. The maximum absolute atomic E-state index is 13.9. The van der Waals surface area contributed by atoms with Crippen LogP contribution in [0.5, 0.6) is 0 Å². The second-order valence-corrected chi connectivity index (χ2v) is 11.8. The Bertz CT molecular complexity index is 1630. The molecule has 2 atom stereocenters. The largest absolute Gasteiger partial charge is 0.462 e. The molecule has 1 heterocycles. The van der Waals surface area contributed by atoms with Gasteiger partial charge in [0.25, 0.3) is 0 Å². The summed E-state index contributed by atoms with van der Waals surface area (Å²) in [7, 11) is 0. The Labute approximate surface area is 276 Å². The van der Waals surface area contributed by atoms with Gasteiger partial charge in [0, 0.05) is 34.8 Å². The lowest BCUT2D eigenvalue weighted by molar-refractivity contribution is -0.139. The normalized spacial score (nSPS) is 16.2. The van der Waals surface area contributed by atoms with Gasteiger partial charge >= 0.3 is 5.97 Å². The van der Waals surface area contributed by atoms with E-state index in [4.69, 9.17) is 21.1 Å². The number of nitrogens with one attached hydrogen (secondary N) is 1. The zero-order chi connectivity index (χ0) is 32.3. The molecule has 0 saturated heterocycles. The third-order valence-electron chi connectivity index (χ3n) is 8.24. The number of benzene rings is 4. The van der Waals surface area contributed by atoms with E-state index in [2.05, 4.69) is 34.6 Å². The molecular formula is C39H39ClN2O4. The van der Waals surface area contributed by atoms with E-state index in [0.29, 0.717) is 48.2 Å². The number of carbonyl (C=O) groups is 2. The first-order chi connectivity index (χ1) is 22.4. The Hall–Kier alpha value is -4.52. The molecule has 0 aliphatic carbocycles. The van der Waals surface area contributed by atoms with Crippen LogP contribution in [0.25, 0.3) is 0 Å². The van der Waals surface area contributed by atoms with Gasteiger partial charge in [-0.05, 0) is 54.7 Å². The number of hydrogen-bond acceptors (Lipinski definition) is 5. The third-order valence-corrected chi connectivity index (χ3v) is 8.47. The molecule has 0 fully saturated rings. The molecule has 4 aromatic rings. The van der Waals surface area contributed by atoms with Crippen molar-refractivity contribution in [3.8, 4) is 0 Å². The number of aliphatic imine (C=N–C) groups is 1. The summed E-state index contributed by atoms with van der Waals surface area (Å²) in [4.78, 5) is 32.3. The van der Waals surface area contributed by atoms with Crippen LogP contribution in [-0.2, 0) is 25.7 Å². The van der Waals surface area contributed by atoms with Gasteiger partial charge in [0.05, 0.1) is 31.3 Å². The highest BCUT2D eigenvalue weighted by atomic mass is 35.5. The minimum Gasteiger partial charge on any atom is -0.462 e. The molecule has 1 aliphatic heterocycles. The van der Waals surface area contributed by atoms with Gasteiger partial charge in [-0.1, -0.05) is 115 Å². The zero-order valence-corrected chi connectivity index (χ0v) is 27.0. The molecule has 236 valence electrons. The van der Waals surface area contributed by atoms with Crippen molar-refractivity contribution in [1.82, 2.24) is 5.32 Å². The number of amides is 1. The van der Waals surface area contributed by atoms with Crippen molar-refractivity contribution in [3.05, 3.63) is 154 Å². The Morgan fingerprint density at radius 3 is 2.09 bits per heavy atom. The van der Waals surface area contributed by atoms with E-state index in [1.54, 1.807) is 19.1 Å². The molecule has 0 saturated carbocycles. The molecule has 7 heteroatoms. The standard InChI is InChI=1S/C39H39ClN2O4/c1-27-35(38(43)41-22-24-45-26-29-13-6-3-7-14-29)37(32-19-12-20-33(40)25-32)36(28(2)42-27)39(44)46-23-21-34(30-15-8-4-9-16-30)31-17-10-5-11-18-31/h3-20,25,34-35,37H,21-24,26H2,1-2H3,(H,41,43). The van der Waals surface area contributed by atoms with Crippen molar-refractivity contribution in [2.45, 2.75) is 38.7 Å². The summed E-state index contributed by atoms with van der Waals surface area (Å²) in [5.41, 5.74) is 5.64. The monoisotopic (exact) mass is 634 g/mol. The molecule has 0 aromatic heterocycles. The van der Waals surface area contributed by atoms with Crippen LogP contribution in [0.2, 0.25) is 5.02 Å². The molecule has 4 aromatic carbocycles. The predicted octanol–water partition coefficient (Wildman–Crippen LogP) is 7.89. The average molecular weight is 635 g/mol. The lowest BCUT2D eigenvalue weighted by Crippen LogP contribution is -2.42. The summed E-state index contributed by atoms with van der Waals surface area (Å²) >= 11 is 6.42. The van der Waals surface area contributed by atoms with Crippen LogP contribution in [0.4, 0.5) is 0 Å². The first-order valence-corrected chi connectivity index (χ1v) is 16.0. The van der Waals surface area contributed by atoms with E-state index < -0.39 is 17.8 Å². The van der Waals surface area contributed by atoms with Gasteiger partial charge in [-0.3, -0.25) is 9.79 Å². The molecule has 1 aliphatic rings. The van der Waals surface area contributed by atoms with Crippen molar-refractivity contribution >= 4 is 29.2 Å². The second kappa shape index (κ2) is 16.2. The van der Waals surface area contributed by atoms with Gasteiger partial charge < -0.3 is 14.8 Å².